The minimum Gasteiger partial charge on any atom is -0.314 e. The van der Waals surface area contributed by atoms with Crippen LogP contribution in [0.1, 0.15) is 14.4 Å². The molecule has 0 amide bonds. The molecule has 9 heavy (non-hydrogen) atoms. The van der Waals surface area contributed by atoms with Crippen molar-refractivity contribution in [3.8, 4) is 0 Å². The minimum absolute atomic E-state index is 0. The molecular formula is C7H18N2. The van der Waals surface area contributed by atoms with E-state index in [0.29, 0.717) is 0 Å². The molecular weight excluding hydrogens is 112 g/mol. The second-order valence-corrected chi connectivity index (χ2v) is 2.18. The zero-order valence-electron chi connectivity index (χ0n) is 5.48. The molecule has 1 heterocycles. The van der Waals surface area contributed by atoms with Gasteiger partial charge in [-0.2, -0.15) is 0 Å². The van der Waals surface area contributed by atoms with Gasteiger partial charge in [0.05, 0.1) is 0 Å². The molecule has 1 rings (SSSR count). The molecule has 1 saturated heterocycles. The van der Waals surface area contributed by atoms with Crippen LogP contribution in [-0.2, 0) is 0 Å². The van der Waals surface area contributed by atoms with Gasteiger partial charge in [-0.3, -0.25) is 0 Å². The number of rotatable bonds is 1. The van der Waals surface area contributed by atoms with Crippen LogP contribution in [0.25, 0.3) is 0 Å². The Morgan fingerprint density at radius 3 is 2.22 bits per heavy atom. The highest BCUT2D eigenvalue weighted by molar-refractivity contribution is 4.64. The molecule has 0 bridgehead atoms. The molecule has 2 heteroatoms. The van der Waals surface area contributed by atoms with Crippen LogP contribution in [0.15, 0.2) is 0 Å². The molecule has 0 aromatic heterocycles. The summed E-state index contributed by atoms with van der Waals surface area (Å²) in [5, 5.41) is 3.31. The van der Waals surface area contributed by atoms with Crippen molar-refractivity contribution in [1.29, 1.82) is 0 Å². The zero-order valence-corrected chi connectivity index (χ0v) is 5.48. The largest absolute Gasteiger partial charge is 0.314 e. The van der Waals surface area contributed by atoms with Crippen LogP contribution in [0.5, 0.6) is 0 Å². The third-order valence-electron chi connectivity index (χ3n) is 1.66. The Morgan fingerprint density at radius 1 is 1.33 bits per heavy atom. The summed E-state index contributed by atoms with van der Waals surface area (Å²) in [4.78, 5) is 2.45. The van der Waals surface area contributed by atoms with Crippen molar-refractivity contribution in [2.45, 2.75) is 14.4 Å². The maximum atomic E-state index is 3.31. The lowest BCUT2D eigenvalue weighted by molar-refractivity contribution is 0.253. The van der Waals surface area contributed by atoms with Crippen LogP contribution in [0.2, 0.25) is 0 Å². The van der Waals surface area contributed by atoms with E-state index in [4.69, 9.17) is 0 Å². The number of hydrogen-bond donors (Lipinski definition) is 1. The van der Waals surface area contributed by atoms with Gasteiger partial charge < -0.3 is 10.2 Å². The van der Waals surface area contributed by atoms with E-state index in [0.717, 1.165) is 0 Å². The fourth-order valence-corrected chi connectivity index (χ4v) is 1.03. The summed E-state index contributed by atoms with van der Waals surface area (Å²) < 4.78 is 0. The second-order valence-electron chi connectivity index (χ2n) is 2.18. The van der Waals surface area contributed by atoms with Gasteiger partial charge in [0.15, 0.2) is 0 Å². The molecule has 1 aliphatic rings. The van der Waals surface area contributed by atoms with Gasteiger partial charge in [0.1, 0.15) is 0 Å². The average molecular weight is 130 g/mol. The van der Waals surface area contributed by atoms with Gasteiger partial charge in [-0.15, -0.1) is 0 Å². The first-order chi connectivity index (χ1) is 3.93. The van der Waals surface area contributed by atoms with Crippen LogP contribution in [-0.4, -0.2) is 37.6 Å². The quantitative estimate of drug-likeness (QED) is 0.557. The summed E-state index contributed by atoms with van der Waals surface area (Å²) in [6.45, 7) is 8.24. The number of nitrogens with one attached hydrogen (secondary N) is 1. The molecule has 1 N–H and O–H groups in total. The maximum absolute atomic E-state index is 3.31. The smallest absolute Gasteiger partial charge is 0.0107 e. The van der Waals surface area contributed by atoms with Crippen molar-refractivity contribution in [3.05, 3.63) is 0 Å². The van der Waals surface area contributed by atoms with Crippen molar-refractivity contribution >= 4 is 0 Å². The highest BCUT2D eigenvalue weighted by Gasteiger charge is 2.04. The van der Waals surface area contributed by atoms with E-state index < -0.39 is 0 Å². The molecule has 0 aromatic carbocycles. The molecule has 1 fully saturated rings. The number of nitrogens with zero attached hydrogens (tertiary/aromatic N) is 1. The molecule has 0 radical (unpaired) electrons. The summed E-state index contributed by atoms with van der Waals surface area (Å²) in [5.41, 5.74) is 0. The van der Waals surface area contributed by atoms with E-state index in [1.807, 2.05) is 0 Å². The summed E-state index contributed by atoms with van der Waals surface area (Å²) >= 11 is 0. The number of hydrogen-bond acceptors (Lipinski definition) is 2. The lowest BCUT2D eigenvalue weighted by Gasteiger charge is -2.25. The maximum Gasteiger partial charge on any atom is 0.0107 e. The standard InChI is InChI=1S/C6H14N2.CH4/c1-2-8-5-3-7-4-6-8;/h7H,2-6H2,1H3;1H4. The predicted molar refractivity (Wildman–Crippen MR) is 41.7 cm³/mol. The first-order valence-corrected chi connectivity index (χ1v) is 3.36. The Kier molecular flexibility index (Phi) is 4.72. The first kappa shape index (κ1) is 8.92. The Balaban J connectivity index is 0.000000640. The molecule has 0 spiro atoms. The Morgan fingerprint density at radius 2 is 1.89 bits per heavy atom. The van der Waals surface area contributed by atoms with Gasteiger partial charge in [0.2, 0.25) is 0 Å². The van der Waals surface area contributed by atoms with Gasteiger partial charge >= 0.3 is 0 Å². The molecule has 56 valence electrons. The van der Waals surface area contributed by atoms with Gasteiger partial charge in [-0.05, 0) is 6.54 Å². The molecule has 2 nitrogen and oxygen atoms in total. The molecule has 0 aromatic rings. The Hall–Kier alpha value is -0.0800. The zero-order chi connectivity index (χ0) is 5.82. The minimum atomic E-state index is 0. The summed E-state index contributed by atoms with van der Waals surface area (Å²) in [6.07, 6.45) is 0. The molecule has 0 atom stereocenters. The van der Waals surface area contributed by atoms with Gasteiger partial charge in [0.25, 0.3) is 0 Å². The van der Waals surface area contributed by atoms with Gasteiger partial charge in [-0.1, -0.05) is 14.4 Å². The highest BCUT2D eigenvalue weighted by atomic mass is 15.2. The number of likely N-dealkylation sites (N-methyl/N-ethyl adjacent to an activating group) is 1. The van der Waals surface area contributed by atoms with E-state index in [2.05, 4.69) is 17.1 Å². The van der Waals surface area contributed by atoms with Gasteiger partial charge in [0, 0.05) is 26.2 Å². The molecule has 0 aliphatic carbocycles. The van der Waals surface area contributed by atoms with Crippen LogP contribution in [0, 0.1) is 0 Å². The third kappa shape index (κ3) is 2.82. The van der Waals surface area contributed by atoms with E-state index in [1.54, 1.807) is 0 Å². The van der Waals surface area contributed by atoms with Crippen molar-refractivity contribution in [1.82, 2.24) is 10.2 Å². The normalized spacial score (nSPS) is 21.0. The molecule has 0 unspecified atom stereocenters. The SMILES string of the molecule is C.CCN1CCNCC1. The second kappa shape index (κ2) is 4.77. The summed E-state index contributed by atoms with van der Waals surface area (Å²) in [7, 11) is 0. The van der Waals surface area contributed by atoms with Crippen LogP contribution >= 0.6 is 0 Å². The van der Waals surface area contributed by atoms with Crippen molar-refractivity contribution in [2.75, 3.05) is 32.7 Å². The first-order valence-electron chi connectivity index (χ1n) is 3.36. The predicted octanol–water partition coefficient (Wildman–Crippen LogP) is 0.548. The lowest BCUT2D eigenvalue weighted by atomic mass is 10.4. The fourth-order valence-electron chi connectivity index (χ4n) is 1.03. The summed E-state index contributed by atoms with van der Waals surface area (Å²) in [5.74, 6) is 0. The van der Waals surface area contributed by atoms with E-state index >= 15 is 0 Å². The van der Waals surface area contributed by atoms with E-state index in [-0.39, 0.29) is 7.43 Å². The third-order valence-corrected chi connectivity index (χ3v) is 1.66. The fraction of sp³-hybridized carbons (Fsp3) is 1.00. The van der Waals surface area contributed by atoms with Crippen LogP contribution < -0.4 is 5.32 Å². The van der Waals surface area contributed by atoms with Crippen molar-refractivity contribution in [3.63, 3.8) is 0 Å². The van der Waals surface area contributed by atoms with Crippen LogP contribution in [0.3, 0.4) is 0 Å². The van der Waals surface area contributed by atoms with E-state index in [1.165, 1.54) is 32.7 Å². The molecule has 1 aliphatic heterocycles. The van der Waals surface area contributed by atoms with Crippen LogP contribution in [0.4, 0.5) is 0 Å². The number of piperazine rings is 1. The highest BCUT2D eigenvalue weighted by Crippen LogP contribution is 1.88. The van der Waals surface area contributed by atoms with E-state index in [9.17, 15) is 0 Å². The van der Waals surface area contributed by atoms with Crippen molar-refractivity contribution < 1.29 is 0 Å². The lowest BCUT2D eigenvalue weighted by Crippen LogP contribution is -2.43. The summed E-state index contributed by atoms with van der Waals surface area (Å²) in [6, 6.07) is 0. The molecule has 0 saturated carbocycles. The van der Waals surface area contributed by atoms with Crippen molar-refractivity contribution in [2.24, 2.45) is 0 Å². The Bertz CT molecular complexity index is 57.9. The monoisotopic (exact) mass is 130 g/mol. The topological polar surface area (TPSA) is 15.3 Å². The average Bonchev–Trinajstić information content (AvgIpc) is 1.90. The Labute approximate surface area is 58.2 Å². The van der Waals surface area contributed by atoms with Gasteiger partial charge in [-0.25, -0.2) is 0 Å².